The number of rotatable bonds is 2. The molecule has 0 saturated heterocycles. The summed E-state index contributed by atoms with van der Waals surface area (Å²) in [4.78, 5) is 0. The van der Waals surface area contributed by atoms with Crippen molar-refractivity contribution in [3.63, 3.8) is 0 Å². The predicted octanol–water partition coefficient (Wildman–Crippen LogP) is 3.86. The van der Waals surface area contributed by atoms with Crippen LogP contribution in [0.5, 0.6) is 0 Å². The third-order valence-corrected chi connectivity index (χ3v) is 2.49. The molecule has 0 aromatic carbocycles. The molecule has 0 N–H and O–H groups in total. The number of hydrogen-bond donors (Lipinski definition) is 0. The fraction of sp³-hybridized carbons (Fsp3) is 1.00. The summed E-state index contributed by atoms with van der Waals surface area (Å²) in [5, 5.41) is 0. The van der Waals surface area contributed by atoms with Crippen molar-refractivity contribution in [2.45, 2.75) is 53.4 Å². The molecule has 0 heterocycles. The molecule has 1 rings (SSSR count). The van der Waals surface area contributed by atoms with E-state index >= 15 is 0 Å². The normalized spacial score (nSPS) is 30.0. The van der Waals surface area contributed by atoms with Crippen molar-refractivity contribution < 1.29 is 0 Å². The van der Waals surface area contributed by atoms with E-state index in [1.807, 2.05) is 13.8 Å². The summed E-state index contributed by atoms with van der Waals surface area (Å²) < 4.78 is 0. The van der Waals surface area contributed by atoms with Crippen LogP contribution >= 0.6 is 0 Å². The molecular weight excluding hydrogens is 120 g/mol. The summed E-state index contributed by atoms with van der Waals surface area (Å²) in [6.45, 7) is 8.60. The van der Waals surface area contributed by atoms with Crippen LogP contribution in [-0.2, 0) is 0 Å². The highest BCUT2D eigenvalue weighted by molar-refractivity contribution is 4.76. The highest BCUT2D eigenvalue weighted by Gasteiger charge is 2.25. The van der Waals surface area contributed by atoms with Crippen LogP contribution in [0.2, 0.25) is 0 Å². The molecule has 0 bridgehead atoms. The molecule has 1 fully saturated rings. The lowest BCUT2D eigenvalue weighted by Crippen LogP contribution is -2.21. The molecule has 0 heteroatoms. The molecule has 10 heavy (non-hydrogen) atoms. The van der Waals surface area contributed by atoms with Gasteiger partial charge < -0.3 is 0 Å². The molecule has 0 radical (unpaired) electrons. The molecule has 1 aliphatic rings. The molecule has 0 atom stereocenters. The molecule has 0 aromatic rings. The molecule has 1 aliphatic carbocycles. The van der Waals surface area contributed by atoms with Crippen molar-refractivity contribution in [2.24, 2.45) is 11.8 Å². The third-order valence-electron chi connectivity index (χ3n) is 2.49. The zero-order chi connectivity index (χ0) is 7.98. The van der Waals surface area contributed by atoms with Crippen LogP contribution in [0.25, 0.3) is 0 Å². The van der Waals surface area contributed by atoms with E-state index in [0.717, 1.165) is 11.8 Å². The largest absolute Gasteiger partial charge is 0.0683 e. The molecule has 62 valence electrons. The first kappa shape index (κ1) is 10.0. The van der Waals surface area contributed by atoms with Crippen molar-refractivity contribution in [1.82, 2.24) is 0 Å². The van der Waals surface area contributed by atoms with Crippen LogP contribution in [0.3, 0.4) is 0 Å². The summed E-state index contributed by atoms with van der Waals surface area (Å²) in [6, 6.07) is 0. The van der Waals surface area contributed by atoms with Crippen LogP contribution < -0.4 is 0 Å². The lowest BCUT2D eigenvalue weighted by molar-refractivity contribution is 0.183. The van der Waals surface area contributed by atoms with Gasteiger partial charge in [-0.05, 0) is 24.7 Å². The van der Waals surface area contributed by atoms with Crippen molar-refractivity contribution in [3.05, 3.63) is 0 Å². The maximum absolute atomic E-state index is 2.30. The monoisotopic (exact) mass is 142 g/mol. The summed E-state index contributed by atoms with van der Waals surface area (Å²) in [5.41, 5.74) is 0. The molecule has 1 saturated carbocycles. The number of hydrogen-bond acceptors (Lipinski definition) is 0. The van der Waals surface area contributed by atoms with E-state index in [9.17, 15) is 0 Å². The summed E-state index contributed by atoms with van der Waals surface area (Å²) in [6.07, 6.45) is 5.87. The average Bonchev–Trinajstić information content (AvgIpc) is 1.91. The van der Waals surface area contributed by atoms with Gasteiger partial charge in [-0.1, -0.05) is 40.5 Å². The summed E-state index contributed by atoms with van der Waals surface area (Å²) in [5.74, 6) is 2.19. The minimum Gasteiger partial charge on any atom is -0.0683 e. The quantitative estimate of drug-likeness (QED) is 0.549. The standard InChI is InChI=1S/C8H16.C2H6/c1-3-7-5-8(4-2)6-7;1-2/h7-8H,3-6H2,1-2H3;1-2H3. The van der Waals surface area contributed by atoms with Gasteiger partial charge in [0.1, 0.15) is 0 Å². The van der Waals surface area contributed by atoms with E-state index in [-0.39, 0.29) is 0 Å². The Kier molecular flexibility index (Phi) is 5.76. The van der Waals surface area contributed by atoms with Gasteiger partial charge in [0.25, 0.3) is 0 Å². The Labute approximate surface area is 66.0 Å². The van der Waals surface area contributed by atoms with E-state index in [2.05, 4.69) is 13.8 Å². The van der Waals surface area contributed by atoms with Crippen LogP contribution in [0, 0.1) is 11.8 Å². The van der Waals surface area contributed by atoms with Crippen molar-refractivity contribution in [2.75, 3.05) is 0 Å². The summed E-state index contributed by atoms with van der Waals surface area (Å²) >= 11 is 0. The Morgan fingerprint density at radius 3 is 1.40 bits per heavy atom. The zero-order valence-electron chi connectivity index (χ0n) is 7.98. The average molecular weight is 142 g/mol. The van der Waals surface area contributed by atoms with Gasteiger partial charge in [-0.3, -0.25) is 0 Å². The maximum Gasteiger partial charge on any atom is -0.0412 e. The first-order chi connectivity index (χ1) is 4.86. The van der Waals surface area contributed by atoms with E-state index in [1.54, 1.807) is 0 Å². The second-order valence-corrected chi connectivity index (χ2v) is 3.02. The Balaban J connectivity index is 0.000000371. The lowest BCUT2D eigenvalue weighted by atomic mass is 9.72. The van der Waals surface area contributed by atoms with E-state index in [4.69, 9.17) is 0 Å². The van der Waals surface area contributed by atoms with Crippen LogP contribution in [0.4, 0.5) is 0 Å². The van der Waals surface area contributed by atoms with Crippen molar-refractivity contribution >= 4 is 0 Å². The molecular formula is C10H22. The van der Waals surface area contributed by atoms with Gasteiger partial charge >= 0.3 is 0 Å². The Hall–Kier alpha value is 0. The van der Waals surface area contributed by atoms with Crippen LogP contribution in [-0.4, -0.2) is 0 Å². The molecule has 0 aromatic heterocycles. The summed E-state index contributed by atoms with van der Waals surface area (Å²) in [7, 11) is 0. The maximum atomic E-state index is 2.30. The minimum absolute atomic E-state index is 1.10. The van der Waals surface area contributed by atoms with Gasteiger partial charge in [0, 0.05) is 0 Å². The van der Waals surface area contributed by atoms with Crippen LogP contribution in [0.15, 0.2) is 0 Å². The predicted molar refractivity (Wildman–Crippen MR) is 48.1 cm³/mol. The zero-order valence-corrected chi connectivity index (χ0v) is 7.98. The fourth-order valence-corrected chi connectivity index (χ4v) is 1.54. The van der Waals surface area contributed by atoms with Gasteiger partial charge in [-0.2, -0.15) is 0 Å². The fourth-order valence-electron chi connectivity index (χ4n) is 1.54. The third kappa shape index (κ3) is 2.72. The van der Waals surface area contributed by atoms with Crippen LogP contribution in [0.1, 0.15) is 53.4 Å². The molecule has 0 amide bonds. The van der Waals surface area contributed by atoms with E-state index in [1.165, 1.54) is 25.7 Å². The lowest BCUT2D eigenvalue weighted by Gasteiger charge is -2.33. The first-order valence-corrected chi connectivity index (χ1v) is 4.86. The highest BCUT2D eigenvalue weighted by Crippen LogP contribution is 2.37. The molecule has 0 aliphatic heterocycles. The SMILES string of the molecule is CC.CCC1CC(CC)C1. The van der Waals surface area contributed by atoms with E-state index < -0.39 is 0 Å². The smallest absolute Gasteiger partial charge is 0.0412 e. The van der Waals surface area contributed by atoms with E-state index in [0.29, 0.717) is 0 Å². The molecule has 0 unspecified atom stereocenters. The van der Waals surface area contributed by atoms with Gasteiger partial charge in [0.15, 0.2) is 0 Å². The topological polar surface area (TPSA) is 0 Å². The Morgan fingerprint density at radius 1 is 0.900 bits per heavy atom. The second-order valence-electron chi connectivity index (χ2n) is 3.02. The van der Waals surface area contributed by atoms with Gasteiger partial charge in [0.2, 0.25) is 0 Å². The Bertz CT molecular complexity index is 52.4. The minimum atomic E-state index is 1.10. The molecule has 0 nitrogen and oxygen atoms in total. The van der Waals surface area contributed by atoms with Crippen molar-refractivity contribution in [3.8, 4) is 0 Å². The van der Waals surface area contributed by atoms with Gasteiger partial charge in [-0.25, -0.2) is 0 Å². The van der Waals surface area contributed by atoms with Gasteiger partial charge in [0.05, 0.1) is 0 Å². The molecule has 0 spiro atoms. The highest BCUT2D eigenvalue weighted by atomic mass is 14.3. The Morgan fingerprint density at radius 2 is 1.20 bits per heavy atom. The second kappa shape index (κ2) is 5.76. The first-order valence-electron chi connectivity index (χ1n) is 4.86. The van der Waals surface area contributed by atoms with Gasteiger partial charge in [-0.15, -0.1) is 0 Å². The van der Waals surface area contributed by atoms with Crippen molar-refractivity contribution in [1.29, 1.82) is 0 Å².